The third-order valence-electron chi connectivity index (χ3n) is 3.91. The lowest BCUT2D eigenvalue weighted by atomic mass is 9.86. The van der Waals surface area contributed by atoms with Gasteiger partial charge in [0.2, 0.25) is 11.0 Å². The van der Waals surface area contributed by atoms with E-state index in [0.717, 1.165) is 45.3 Å². The maximum absolute atomic E-state index is 6.19. The van der Waals surface area contributed by atoms with Crippen molar-refractivity contribution in [2.45, 2.75) is 39.0 Å². The van der Waals surface area contributed by atoms with Crippen molar-refractivity contribution in [1.29, 1.82) is 0 Å². The predicted octanol–water partition coefficient (Wildman–Crippen LogP) is 6.09. The fraction of sp³-hybridized carbons (Fsp3) is 0.350. The van der Waals surface area contributed by atoms with E-state index in [1.807, 2.05) is 30.3 Å². The number of aryl methyl sites for hydroxylation is 1. The van der Waals surface area contributed by atoms with Crippen LogP contribution in [0.15, 0.2) is 42.6 Å². The van der Waals surface area contributed by atoms with Gasteiger partial charge in [0.25, 0.3) is 0 Å². The molecule has 3 aromatic rings. The first kappa shape index (κ1) is 19.8. The van der Waals surface area contributed by atoms with Crippen molar-refractivity contribution in [2.24, 2.45) is 0 Å². The van der Waals surface area contributed by atoms with Crippen molar-refractivity contribution in [3.63, 3.8) is 0 Å². The van der Waals surface area contributed by atoms with Gasteiger partial charge < -0.3 is 10.1 Å². The molecule has 2 aromatic heterocycles. The summed E-state index contributed by atoms with van der Waals surface area (Å²) < 4.78 is 6.19. The van der Waals surface area contributed by atoms with Crippen molar-refractivity contribution >= 4 is 38.1 Å². The molecule has 0 saturated carbocycles. The first-order chi connectivity index (χ1) is 13.0. The number of nitrogens with zero attached hydrogens (tertiary/aromatic N) is 3. The van der Waals surface area contributed by atoms with Crippen LogP contribution in [0.3, 0.4) is 0 Å². The van der Waals surface area contributed by atoms with E-state index >= 15 is 0 Å². The van der Waals surface area contributed by atoms with Gasteiger partial charge in [-0.2, -0.15) is 0 Å². The number of ether oxygens (including phenoxy) is 1. The largest absolute Gasteiger partial charge is 0.437 e. The van der Waals surface area contributed by atoms with Crippen LogP contribution in [0.2, 0.25) is 0 Å². The normalized spacial score (nSPS) is 11.4. The molecule has 0 aliphatic heterocycles. The second kappa shape index (κ2) is 8.80. The van der Waals surface area contributed by atoms with Crippen LogP contribution < -0.4 is 10.1 Å². The van der Waals surface area contributed by atoms with E-state index in [1.165, 1.54) is 0 Å². The summed E-state index contributed by atoms with van der Waals surface area (Å²) in [6, 6.07) is 11.9. The van der Waals surface area contributed by atoms with E-state index in [1.54, 1.807) is 17.5 Å². The number of halogens is 1. The lowest BCUT2D eigenvalue weighted by molar-refractivity contribution is 0.442. The van der Waals surface area contributed by atoms with Crippen molar-refractivity contribution in [3.8, 4) is 11.6 Å². The number of benzene rings is 1. The minimum atomic E-state index is -0.0253. The molecule has 1 N–H and O–H groups in total. The van der Waals surface area contributed by atoms with E-state index in [9.17, 15) is 0 Å². The number of aromatic nitrogens is 3. The summed E-state index contributed by atoms with van der Waals surface area (Å²) in [5, 5.41) is 14.5. The van der Waals surface area contributed by atoms with Crippen LogP contribution >= 0.6 is 27.3 Å². The quantitative estimate of drug-likeness (QED) is 0.444. The van der Waals surface area contributed by atoms with Gasteiger partial charge in [0, 0.05) is 23.5 Å². The molecule has 0 unspecified atom stereocenters. The molecule has 7 heteroatoms. The first-order valence-electron chi connectivity index (χ1n) is 8.85. The van der Waals surface area contributed by atoms with Crippen LogP contribution in [-0.4, -0.2) is 20.5 Å². The second-order valence-electron chi connectivity index (χ2n) is 7.12. The summed E-state index contributed by atoms with van der Waals surface area (Å²) in [4.78, 5) is 4.42. The molecule has 0 aliphatic carbocycles. The highest BCUT2D eigenvalue weighted by molar-refractivity contribution is 9.09. The Labute approximate surface area is 172 Å². The third kappa shape index (κ3) is 5.26. The molecule has 2 heterocycles. The Kier molecular flexibility index (Phi) is 6.44. The molecule has 0 fully saturated rings. The molecule has 0 aliphatic rings. The summed E-state index contributed by atoms with van der Waals surface area (Å²) >= 11 is 5.00. The van der Waals surface area contributed by atoms with Gasteiger partial charge in [0.05, 0.1) is 0 Å². The number of anilines is 2. The minimum Gasteiger partial charge on any atom is -0.437 e. The smallest absolute Gasteiger partial charge is 0.243 e. The number of hydrogen-bond acceptors (Lipinski definition) is 6. The number of pyridine rings is 1. The summed E-state index contributed by atoms with van der Waals surface area (Å²) in [6.45, 7) is 6.51. The Hall–Kier alpha value is -1.99. The van der Waals surface area contributed by atoms with Crippen molar-refractivity contribution in [3.05, 3.63) is 53.2 Å². The average molecular weight is 447 g/mol. The van der Waals surface area contributed by atoms with E-state index in [4.69, 9.17) is 4.74 Å². The zero-order valence-corrected chi connectivity index (χ0v) is 18.1. The maximum atomic E-state index is 6.19. The van der Waals surface area contributed by atoms with Gasteiger partial charge in [0.15, 0.2) is 0 Å². The fourth-order valence-corrected chi connectivity index (χ4v) is 3.66. The van der Waals surface area contributed by atoms with Crippen LogP contribution in [-0.2, 0) is 11.8 Å². The van der Waals surface area contributed by atoms with Crippen LogP contribution in [0.1, 0.15) is 37.8 Å². The summed E-state index contributed by atoms with van der Waals surface area (Å²) in [5.74, 6) is 1.33. The Balaban J connectivity index is 1.82. The van der Waals surface area contributed by atoms with Gasteiger partial charge in [-0.25, -0.2) is 4.98 Å². The van der Waals surface area contributed by atoms with Crippen LogP contribution in [0.25, 0.3) is 0 Å². The zero-order chi connectivity index (χ0) is 19.3. The van der Waals surface area contributed by atoms with Crippen LogP contribution in [0.4, 0.5) is 10.8 Å². The lowest BCUT2D eigenvalue weighted by Gasteiger charge is -2.22. The number of alkyl halides is 1. The molecular weight excluding hydrogens is 424 g/mol. The first-order valence-corrected chi connectivity index (χ1v) is 10.8. The van der Waals surface area contributed by atoms with E-state index in [-0.39, 0.29) is 5.41 Å². The molecule has 0 saturated heterocycles. The number of para-hydroxylation sites is 1. The Morgan fingerprint density at radius 1 is 1.11 bits per heavy atom. The third-order valence-corrected chi connectivity index (χ3v) is 5.36. The highest BCUT2D eigenvalue weighted by Gasteiger charge is 2.20. The highest BCUT2D eigenvalue weighted by Crippen LogP contribution is 2.36. The van der Waals surface area contributed by atoms with E-state index in [2.05, 4.69) is 63.3 Å². The SMILES string of the molecule is CC(C)(C)c1ccccc1Oc1ncccc1Nc1nnc(CCCBr)s1. The average Bonchev–Trinajstić information content (AvgIpc) is 3.08. The Morgan fingerprint density at radius 3 is 2.70 bits per heavy atom. The van der Waals surface area contributed by atoms with Gasteiger partial charge in [-0.15, -0.1) is 10.2 Å². The number of nitrogens with one attached hydrogen (secondary N) is 1. The maximum Gasteiger partial charge on any atom is 0.243 e. The minimum absolute atomic E-state index is 0.0253. The molecule has 0 radical (unpaired) electrons. The van der Waals surface area contributed by atoms with Gasteiger partial charge in [-0.05, 0) is 30.0 Å². The molecular formula is C20H23BrN4OS. The van der Waals surface area contributed by atoms with Crippen molar-refractivity contribution in [2.75, 3.05) is 10.6 Å². The van der Waals surface area contributed by atoms with E-state index in [0.29, 0.717) is 5.88 Å². The molecule has 0 atom stereocenters. The second-order valence-corrected chi connectivity index (χ2v) is 8.98. The van der Waals surface area contributed by atoms with E-state index < -0.39 is 0 Å². The molecule has 27 heavy (non-hydrogen) atoms. The Morgan fingerprint density at radius 2 is 1.93 bits per heavy atom. The van der Waals surface area contributed by atoms with Crippen LogP contribution in [0, 0.1) is 0 Å². The summed E-state index contributed by atoms with van der Waals surface area (Å²) in [7, 11) is 0. The molecule has 142 valence electrons. The monoisotopic (exact) mass is 446 g/mol. The fourth-order valence-electron chi connectivity index (χ4n) is 2.59. The van der Waals surface area contributed by atoms with Crippen molar-refractivity contribution < 1.29 is 4.74 Å². The summed E-state index contributed by atoms with van der Waals surface area (Å²) in [6.07, 6.45) is 3.68. The zero-order valence-electron chi connectivity index (χ0n) is 15.7. The molecule has 3 rings (SSSR count). The number of hydrogen-bond donors (Lipinski definition) is 1. The predicted molar refractivity (Wildman–Crippen MR) is 115 cm³/mol. The van der Waals surface area contributed by atoms with Crippen LogP contribution in [0.5, 0.6) is 11.6 Å². The molecule has 0 amide bonds. The molecule has 0 spiro atoms. The standard InChI is InChI=1S/C20H23BrN4OS/c1-20(2,3)14-8-4-5-10-16(14)26-18-15(9-7-13-22-18)23-19-25-24-17(27-19)11-6-12-21/h4-5,7-10,13H,6,11-12H2,1-3H3,(H,23,25). The lowest BCUT2D eigenvalue weighted by Crippen LogP contribution is -2.12. The number of rotatable bonds is 7. The highest BCUT2D eigenvalue weighted by atomic mass is 79.9. The molecule has 0 bridgehead atoms. The molecule has 5 nitrogen and oxygen atoms in total. The van der Waals surface area contributed by atoms with Gasteiger partial charge in [-0.1, -0.05) is 66.2 Å². The van der Waals surface area contributed by atoms with Gasteiger partial charge in [-0.3, -0.25) is 0 Å². The summed E-state index contributed by atoms with van der Waals surface area (Å²) in [5.41, 5.74) is 1.88. The van der Waals surface area contributed by atoms with Gasteiger partial charge >= 0.3 is 0 Å². The van der Waals surface area contributed by atoms with Gasteiger partial charge in [0.1, 0.15) is 16.4 Å². The topological polar surface area (TPSA) is 59.9 Å². The molecule has 1 aromatic carbocycles. The Bertz CT molecular complexity index is 891. The van der Waals surface area contributed by atoms with Crippen molar-refractivity contribution in [1.82, 2.24) is 15.2 Å².